The first-order valence-electron chi connectivity index (χ1n) is 9.95. The molecule has 2 aromatic carbocycles. The third-order valence-corrected chi connectivity index (χ3v) is 4.93. The molecule has 0 fully saturated rings. The summed E-state index contributed by atoms with van der Waals surface area (Å²) in [6.07, 6.45) is 3.29. The van der Waals surface area contributed by atoms with Gasteiger partial charge >= 0.3 is 0 Å². The van der Waals surface area contributed by atoms with E-state index in [-0.39, 0.29) is 5.91 Å². The highest BCUT2D eigenvalue weighted by molar-refractivity contribution is 6.05. The molecule has 29 heavy (non-hydrogen) atoms. The number of hydrogen-bond donors (Lipinski definition) is 2. The van der Waals surface area contributed by atoms with E-state index in [9.17, 15) is 4.79 Å². The minimum Gasteiger partial charge on any atom is -0.372 e. The molecule has 0 saturated heterocycles. The van der Waals surface area contributed by atoms with Crippen LogP contribution >= 0.6 is 0 Å². The van der Waals surface area contributed by atoms with Crippen LogP contribution < -0.4 is 15.5 Å². The highest BCUT2D eigenvalue weighted by Crippen LogP contribution is 2.22. The van der Waals surface area contributed by atoms with Gasteiger partial charge in [-0.1, -0.05) is 12.1 Å². The van der Waals surface area contributed by atoms with Crippen LogP contribution in [0.1, 0.15) is 35.3 Å². The van der Waals surface area contributed by atoms with Crippen LogP contribution in [0.4, 0.5) is 22.7 Å². The van der Waals surface area contributed by atoms with E-state index in [1.165, 1.54) is 5.69 Å². The van der Waals surface area contributed by atoms with E-state index in [2.05, 4.69) is 46.5 Å². The van der Waals surface area contributed by atoms with Crippen LogP contribution in [-0.2, 0) is 0 Å². The topological polar surface area (TPSA) is 57.3 Å². The van der Waals surface area contributed by atoms with Crippen LogP contribution in [0, 0.1) is 13.8 Å². The third-order valence-electron chi connectivity index (χ3n) is 4.93. The molecule has 0 aliphatic rings. The average molecular weight is 389 g/mol. The number of carbonyl (C=O) groups is 1. The summed E-state index contributed by atoms with van der Waals surface area (Å²) in [5.74, 6) is -0.174. The minimum absolute atomic E-state index is 0.174. The van der Waals surface area contributed by atoms with Crippen molar-refractivity contribution in [2.24, 2.45) is 0 Å². The molecule has 3 aromatic rings. The van der Waals surface area contributed by atoms with Crippen molar-refractivity contribution in [1.82, 2.24) is 4.98 Å². The van der Waals surface area contributed by atoms with E-state index < -0.39 is 0 Å². The summed E-state index contributed by atoms with van der Waals surface area (Å²) >= 11 is 0. The second-order valence-corrected chi connectivity index (χ2v) is 7.08. The maximum absolute atomic E-state index is 12.7. The van der Waals surface area contributed by atoms with Crippen LogP contribution in [0.15, 0.2) is 60.9 Å². The molecular weight excluding hydrogens is 360 g/mol. The lowest BCUT2D eigenvalue weighted by Crippen LogP contribution is -2.21. The number of amides is 1. The van der Waals surface area contributed by atoms with Gasteiger partial charge in [-0.15, -0.1) is 0 Å². The number of nitrogens with zero attached hydrogens (tertiary/aromatic N) is 2. The number of rotatable bonds is 7. The zero-order valence-electron chi connectivity index (χ0n) is 17.5. The molecule has 0 unspecified atom stereocenters. The summed E-state index contributed by atoms with van der Waals surface area (Å²) in [5.41, 5.74) is 6.38. The molecule has 150 valence electrons. The maximum Gasteiger partial charge on any atom is 0.257 e. The summed E-state index contributed by atoms with van der Waals surface area (Å²) in [6.45, 7) is 10.2. The van der Waals surface area contributed by atoms with Gasteiger partial charge in [-0.2, -0.15) is 0 Å². The minimum atomic E-state index is -0.174. The quantitative estimate of drug-likeness (QED) is 0.558. The van der Waals surface area contributed by atoms with Crippen molar-refractivity contribution in [3.63, 3.8) is 0 Å². The monoisotopic (exact) mass is 388 g/mol. The summed E-state index contributed by atoms with van der Waals surface area (Å²) in [6, 6.07) is 16.1. The number of aryl methyl sites for hydroxylation is 2. The van der Waals surface area contributed by atoms with E-state index >= 15 is 0 Å². The molecular formula is C24H28N4O. The number of nitrogens with one attached hydrogen (secondary N) is 2. The summed E-state index contributed by atoms with van der Waals surface area (Å²) in [7, 11) is 0. The Morgan fingerprint density at radius 3 is 2.34 bits per heavy atom. The normalized spacial score (nSPS) is 10.5. The van der Waals surface area contributed by atoms with Crippen LogP contribution in [0.2, 0.25) is 0 Å². The Kier molecular flexibility index (Phi) is 6.50. The first-order chi connectivity index (χ1) is 14.0. The number of hydrogen-bond acceptors (Lipinski definition) is 4. The van der Waals surface area contributed by atoms with Crippen molar-refractivity contribution in [2.45, 2.75) is 27.7 Å². The molecule has 3 rings (SSSR count). The van der Waals surface area contributed by atoms with Gasteiger partial charge in [-0.25, -0.2) is 0 Å². The SMILES string of the molecule is CCN(CC)c1ccc(Nc2cncc(C(=O)Nc3cc(C)ccc3C)c2)cc1. The zero-order chi connectivity index (χ0) is 20.8. The fraction of sp³-hybridized carbons (Fsp3) is 0.250. The second kappa shape index (κ2) is 9.24. The fourth-order valence-corrected chi connectivity index (χ4v) is 3.21. The molecule has 0 spiro atoms. The zero-order valence-corrected chi connectivity index (χ0v) is 17.5. The van der Waals surface area contributed by atoms with E-state index in [4.69, 9.17) is 0 Å². The number of carbonyl (C=O) groups excluding carboxylic acids is 1. The van der Waals surface area contributed by atoms with Gasteiger partial charge in [0.2, 0.25) is 0 Å². The molecule has 5 nitrogen and oxygen atoms in total. The highest BCUT2D eigenvalue weighted by Gasteiger charge is 2.10. The summed E-state index contributed by atoms with van der Waals surface area (Å²) < 4.78 is 0. The van der Waals surface area contributed by atoms with Gasteiger partial charge in [-0.3, -0.25) is 9.78 Å². The molecule has 0 saturated carbocycles. The van der Waals surface area contributed by atoms with Crippen molar-refractivity contribution in [2.75, 3.05) is 28.6 Å². The number of benzene rings is 2. The lowest BCUT2D eigenvalue weighted by molar-refractivity contribution is 0.102. The van der Waals surface area contributed by atoms with E-state index in [1.807, 2.05) is 50.2 Å². The van der Waals surface area contributed by atoms with Crippen LogP contribution in [-0.4, -0.2) is 24.0 Å². The van der Waals surface area contributed by atoms with Crippen molar-refractivity contribution in [1.29, 1.82) is 0 Å². The van der Waals surface area contributed by atoms with Crippen molar-refractivity contribution < 1.29 is 4.79 Å². The number of aromatic nitrogens is 1. The molecule has 0 radical (unpaired) electrons. The highest BCUT2D eigenvalue weighted by atomic mass is 16.1. The lowest BCUT2D eigenvalue weighted by Gasteiger charge is -2.21. The van der Waals surface area contributed by atoms with Crippen molar-refractivity contribution in [3.8, 4) is 0 Å². The fourth-order valence-electron chi connectivity index (χ4n) is 3.21. The Labute approximate surface area is 172 Å². The average Bonchev–Trinajstić information content (AvgIpc) is 2.73. The van der Waals surface area contributed by atoms with Gasteiger partial charge in [0, 0.05) is 36.3 Å². The maximum atomic E-state index is 12.7. The van der Waals surface area contributed by atoms with Gasteiger partial charge in [0.25, 0.3) is 5.91 Å². The number of pyridine rings is 1. The molecule has 2 N–H and O–H groups in total. The van der Waals surface area contributed by atoms with Gasteiger partial charge in [0.1, 0.15) is 0 Å². The van der Waals surface area contributed by atoms with Crippen LogP contribution in [0.3, 0.4) is 0 Å². The first-order valence-corrected chi connectivity index (χ1v) is 9.95. The predicted molar refractivity (Wildman–Crippen MR) is 121 cm³/mol. The molecule has 1 heterocycles. The van der Waals surface area contributed by atoms with Gasteiger partial charge < -0.3 is 15.5 Å². The Bertz CT molecular complexity index is 978. The molecule has 1 aromatic heterocycles. The molecule has 0 aliphatic carbocycles. The first kappa shape index (κ1) is 20.4. The Balaban J connectivity index is 1.72. The van der Waals surface area contributed by atoms with Gasteiger partial charge in [0.05, 0.1) is 17.4 Å². The van der Waals surface area contributed by atoms with Crippen LogP contribution in [0.25, 0.3) is 0 Å². The predicted octanol–water partition coefficient (Wildman–Crippen LogP) is 5.54. The Morgan fingerprint density at radius 2 is 1.66 bits per heavy atom. The molecule has 0 aliphatic heterocycles. The Hall–Kier alpha value is -3.34. The van der Waals surface area contributed by atoms with E-state index in [1.54, 1.807) is 12.4 Å². The van der Waals surface area contributed by atoms with E-state index in [0.717, 1.165) is 41.3 Å². The molecule has 5 heteroatoms. The smallest absolute Gasteiger partial charge is 0.257 e. The largest absolute Gasteiger partial charge is 0.372 e. The number of anilines is 4. The van der Waals surface area contributed by atoms with Gasteiger partial charge in [-0.05, 0) is 75.2 Å². The molecule has 0 bridgehead atoms. The van der Waals surface area contributed by atoms with E-state index in [0.29, 0.717) is 5.56 Å². The summed E-state index contributed by atoms with van der Waals surface area (Å²) in [5, 5.41) is 6.30. The van der Waals surface area contributed by atoms with Crippen molar-refractivity contribution in [3.05, 3.63) is 77.6 Å². The van der Waals surface area contributed by atoms with Crippen molar-refractivity contribution >= 4 is 28.7 Å². The molecule has 1 amide bonds. The van der Waals surface area contributed by atoms with Gasteiger partial charge in [0.15, 0.2) is 0 Å². The Morgan fingerprint density at radius 1 is 0.931 bits per heavy atom. The summed E-state index contributed by atoms with van der Waals surface area (Å²) in [4.78, 5) is 19.2. The second-order valence-electron chi connectivity index (χ2n) is 7.08. The molecule has 0 atom stereocenters. The standard InChI is InChI=1S/C24H28N4O/c1-5-28(6-2)22-11-9-20(10-12-22)26-21-14-19(15-25-16-21)24(29)27-23-13-17(3)7-8-18(23)4/h7-16,26H,5-6H2,1-4H3,(H,27,29). The van der Waals surface area contributed by atoms with Crippen LogP contribution in [0.5, 0.6) is 0 Å². The third kappa shape index (κ3) is 5.13. The lowest BCUT2D eigenvalue weighted by atomic mass is 10.1.